The maximum atomic E-state index is 12.5. The molecule has 104 valence electrons. The minimum Gasteiger partial charge on any atom is -0.335 e. The lowest BCUT2D eigenvalue weighted by atomic mass is 10.0. The first kappa shape index (κ1) is 15.6. The number of aryl methyl sites for hydroxylation is 1. The zero-order valence-electron chi connectivity index (χ0n) is 11.2. The smallest absolute Gasteiger partial charge is 0.282 e. The third kappa shape index (κ3) is 3.53. The Morgan fingerprint density at radius 1 is 1.47 bits per heavy atom. The first-order chi connectivity index (χ1) is 8.90. The molecule has 0 saturated heterocycles. The summed E-state index contributed by atoms with van der Waals surface area (Å²) < 4.78 is 0. The van der Waals surface area contributed by atoms with E-state index in [1.165, 1.54) is 6.07 Å². The van der Waals surface area contributed by atoms with Crippen molar-refractivity contribution in [2.75, 3.05) is 11.9 Å². The fourth-order valence-corrected chi connectivity index (χ4v) is 2.29. The van der Waals surface area contributed by atoms with E-state index >= 15 is 0 Å². The van der Waals surface area contributed by atoms with Crippen molar-refractivity contribution in [1.29, 1.82) is 0 Å². The molecule has 5 nitrogen and oxygen atoms in total. The zero-order chi connectivity index (χ0) is 14.6. The molecule has 1 aromatic carbocycles. The van der Waals surface area contributed by atoms with Crippen molar-refractivity contribution in [2.24, 2.45) is 0 Å². The quantitative estimate of drug-likeness (QED) is 0.474. The molecule has 0 aromatic heterocycles. The molecule has 0 N–H and O–H groups in total. The molecule has 0 radical (unpaired) electrons. The van der Waals surface area contributed by atoms with E-state index in [1.54, 1.807) is 24.0 Å². The predicted octanol–water partition coefficient (Wildman–Crippen LogP) is 3.15. The predicted molar refractivity (Wildman–Crippen MR) is 77.8 cm³/mol. The molecule has 0 atom stereocenters. The van der Waals surface area contributed by atoms with Gasteiger partial charge in [0.1, 0.15) is 5.56 Å². The molecular formula is C13H17BrN2O3. The number of nitro benzene ring substituents is 1. The van der Waals surface area contributed by atoms with E-state index in [2.05, 4.69) is 15.9 Å². The number of carbonyl (C=O) groups excluding carboxylic acids is 1. The van der Waals surface area contributed by atoms with Crippen LogP contribution in [0.15, 0.2) is 18.2 Å². The molecule has 1 rings (SSSR count). The highest BCUT2D eigenvalue weighted by Gasteiger charge is 2.27. The first-order valence-corrected chi connectivity index (χ1v) is 7.13. The number of halogens is 1. The van der Waals surface area contributed by atoms with Crippen molar-refractivity contribution >= 4 is 27.5 Å². The largest absolute Gasteiger partial charge is 0.335 e. The van der Waals surface area contributed by atoms with E-state index in [9.17, 15) is 14.9 Å². The molecule has 6 heteroatoms. The Kier molecular flexibility index (Phi) is 5.47. The normalized spacial score (nSPS) is 10.6. The third-order valence-corrected chi connectivity index (χ3v) is 3.23. The van der Waals surface area contributed by atoms with Crippen LogP contribution in [-0.4, -0.2) is 33.6 Å². The highest BCUT2D eigenvalue weighted by Crippen LogP contribution is 2.24. The monoisotopic (exact) mass is 328 g/mol. The highest BCUT2D eigenvalue weighted by molar-refractivity contribution is 9.09. The Hall–Kier alpha value is -1.43. The summed E-state index contributed by atoms with van der Waals surface area (Å²) in [4.78, 5) is 24.7. The van der Waals surface area contributed by atoms with Crippen LogP contribution >= 0.6 is 15.9 Å². The van der Waals surface area contributed by atoms with Gasteiger partial charge in [0.05, 0.1) is 4.92 Å². The number of benzene rings is 1. The summed E-state index contributed by atoms with van der Waals surface area (Å²) in [6.45, 7) is 6.02. The number of nitrogens with zero attached hydrogens (tertiary/aromatic N) is 2. The second-order valence-electron chi connectivity index (χ2n) is 4.51. The number of alkyl halides is 1. The van der Waals surface area contributed by atoms with Gasteiger partial charge in [-0.2, -0.15) is 0 Å². The van der Waals surface area contributed by atoms with Gasteiger partial charge in [-0.3, -0.25) is 14.9 Å². The van der Waals surface area contributed by atoms with Gasteiger partial charge in [-0.15, -0.1) is 0 Å². The van der Waals surface area contributed by atoms with Crippen LogP contribution in [0.4, 0.5) is 5.69 Å². The van der Waals surface area contributed by atoms with Gasteiger partial charge in [-0.05, 0) is 26.3 Å². The van der Waals surface area contributed by atoms with Crippen LogP contribution in [0, 0.1) is 17.0 Å². The molecule has 0 fully saturated rings. The molecule has 1 amide bonds. The summed E-state index contributed by atoms with van der Waals surface area (Å²) in [7, 11) is 0. The Bertz CT molecular complexity index is 489. The van der Waals surface area contributed by atoms with Gasteiger partial charge in [0, 0.05) is 24.0 Å². The fourth-order valence-electron chi connectivity index (χ4n) is 1.91. The summed E-state index contributed by atoms with van der Waals surface area (Å²) in [5.74, 6) is -0.292. The summed E-state index contributed by atoms with van der Waals surface area (Å²) in [6.07, 6.45) is 0. The number of amides is 1. The number of hydrogen-bond acceptors (Lipinski definition) is 3. The van der Waals surface area contributed by atoms with Crippen molar-refractivity contribution in [3.8, 4) is 0 Å². The lowest BCUT2D eigenvalue weighted by Crippen LogP contribution is -2.39. The van der Waals surface area contributed by atoms with Crippen LogP contribution < -0.4 is 0 Å². The fraction of sp³-hybridized carbons (Fsp3) is 0.462. The second kappa shape index (κ2) is 6.65. The van der Waals surface area contributed by atoms with Crippen LogP contribution in [0.1, 0.15) is 29.8 Å². The molecule has 0 spiro atoms. The minimum atomic E-state index is -0.507. The average molecular weight is 329 g/mol. The van der Waals surface area contributed by atoms with Crippen LogP contribution in [-0.2, 0) is 0 Å². The van der Waals surface area contributed by atoms with Crippen molar-refractivity contribution in [1.82, 2.24) is 4.90 Å². The Labute approximate surface area is 120 Å². The molecule has 19 heavy (non-hydrogen) atoms. The van der Waals surface area contributed by atoms with Crippen LogP contribution in [0.3, 0.4) is 0 Å². The number of rotatable bonds is 5. The number of hydrogen-bond donors (Lipinski definition) is 0. The van der Waals surface area contributed by atoms with Gasteiger partial charge >= 0.3 is 0 Å². The summed E-state index contributed by atoms with van der Waals surface area (Å²) in [5, 5.41) is 11.7. The van der Waals surface area contributed by atoms with Gasteiger partial charge in [-0.25, -0.2) is 0 Å². The molecule has 0 aliphatic heterocycles. The maximum absolute atomic E-state index is 12.5. The third-order valence-electron chi connectivity index (χ3n) is 2.87. The van der Waals surface area contributed by atoms with Crippen molar-refractivity contribution in [3.05, 3.63) is 39.4 Å². The van der Waals surface area contributed by atoms with Gasteiger partial charge in [0.25, 0.3) is 11.6 Å². The first-order valence-electron chi connectivity index (χ1n) is 6.01. The number of carbonyl (C=O) groups is 1. The summed E-state index contributed by atoms with van der Waals surface area (Å²) in [5.41, 5.74) is 0.673. The van der Waals surface area contributed by atoms with E-state index in [1.807, 2.05) is 13.8 Å². The van der Waals surface area contributed by atoms with Crippen molar-refractivity contribution in [2.45, 2.75) is 26.8 Å². The Morgan fingerprint density at radius 2 is 2.11 bits per heavy atom. The molecule has 0 bridgehead atoms. The Morgan fingerprint density at radius 3 is 2.58 bits per heavy atom. The Balaban J connectivity index is 3.28. The highest BCUT2D eigenvalue weighted by atomic mass is 79.9. The van der Waals surface area contributed by atoms with E-state index in [-0.39, 0.29) is 23.2 Å². The van der Waals surface area contributed by atoms with E-state index in [0.29, 0.717) is 17.4 Å². The average Bonchev–Trinajstić information content (AvgIpc) is 2.34. The topological polar surface area (TPSA) is 63.5 Å². The van der Waals surface area contributed by atoms with Gasteiger partial charge in [-0.1, -0.05) is 28.1 Å². The second-order valence-corrected chi connectivity index (χ2v) is 5.30. The molecule has 0 saturated carbocycles. The molecule has 0 unspecified atom stereocenters. The standard InChI is InChI=1S/C13H17BrN2O3/c1-9(2)15(8-7-14)13(17)12-10(3)5-4-6-11(12)16(18)19/h4-6,9H,7-8H2,1-3H3. The van der Waals surface area contributed by atoms with Gasteiger partial charge in [0.2, 0.25) is 0 Å². The number of nitro groups is 1. The molecule has 0 aliphatic rings. The molecule has 0 aliphatic carbocycles. The molecular weight excluding hydrogens is 312 g/mol. The van der Waals surface area contributed by atoms with Gasteiger partial charge < -0.3 is 4.90 Å². The van der Waals surface area contributed by atoms with Gasteiger partial charge in [0.15, 0.2) is 0 Å². The van der Waals surface area contributed by atoms with E-state index in [4.69, 9.17) is 0 Å². The summed E-state index contributed by atoms with van der Waals surface area (Å²) in [6, 6.07) is 4.66. The molecule has 0 heterocycles. The SMILES string of the molecule is Cc1cccc([N+](=O)[O-])c1C(=O)N(CCBr)C(C)C. The van der Waals surface area contributed by atoms with Crippen LogP contribution in [0.2, 0.25) is 0 Å². The van der Waals surface area contributed by atoms with Crippen molar-refractivity contribution in [3.63, 3.8) is 0 Å². The van der Waals surface area contributed by atoms with Crippen LogP contribution in [0.5, 0.6) is 0 Å². The van der Waals surface area contributed by atoms with E-state index in [0.717, 1.165) is 0 Å². The van der Waals surface area contributed by atoms with E-state index < -0.39 is 4.92 Å². The maximum Gasteiger partial charge on any atom is 0.282 e. The lowest BCUT2D eigenvalue weighted by molar-refractivity contribution is -0.385. The van der Waals surface area contributed by atoms with Crippen LogP contribution in [0.25, 0.3) is 0 Å². The molecule has 1 aromatic rings. The minimum absolute atomic E-state index is 0.00994. The summed E-state index contributed by atoms with van der Waals surface area (Å²) >= 11 is 3.30. The zero-order valence-corrected chi connectivity index (χ0v) is 12.8. The van der Waals surface area contributed by atoms with Crippen molar-refractivity contribution < 1.29 is 9.72 Å². The lowest BCUT2D eigenvalue weighted by Gasteiger charge is -2.26.